The molecule has 0 unspecified atom stereocenters. The average molecular weight is 484 g/mol. The van der Waals surface area contributed by atoms with E-state index in [9.17, 15) is 14.4 Å². The van der Waals surface area contributed by atoms with Gasteiger partial charge in [-0.15, -0.1) is 0 Å². The first-order valence-corrected chi connectivity index (χ1v) is 11.9. The highest BCUT2D eigenvalue weighted by Gasteiger charge is 2.16. The molecule has 9 heteroatoms. The number of hydrogen-bond donors (Lipinski definition) is 1. The molecule has 180 valence electrons. The number of likely N-dealkylation sites (N-methyl/N-ethyl adjacent to an activating group) is 1. The smallest absolute Gasteiger partial charge is 0.317 e. The lowest BCUT2D eigenvalue weighted by molar-refractivity contribution is -0.121. The van der Waals surface area contributed by atoms with Gasteiger partial charge in [0.2, 0.25) is 5.91 Å². The van der Waals surface area contributed by atoms with Crippen molar-refractivity contribution in [2.24, 2.45) is 0 Å². The Morgan fingerprint density at radius 2 is 1.53 bits per heavy atom. The van der Waals surface area contributed by atoms with E-state index in [1.54, 1.807) is 30.3 Å². The number of benzene rings is 2. The standard InChI is InChI=1S/C25H30ClN5O3/c1-28-13-15-29(16-14-28)12-4-11-27-23(32)18-31-22-6-3-2-5-21(22)30(24(33)25(31)34)17-19-7-9-20(26)10-8-19/h2-3,5-10H,4,11-18H2,1H3,(H,27,32). The maximum atomic E-state index is 13.0. The molecule has 0 radical (unpaired) electrons. The molecule has 8 nitrogen and oxygen atoms in total. The Hall–Kier alpha value is -2.94. The van der Waals surface area contributed by atoms with Gasteiger partial charge in [-0.1, -0.05) is 35.9 Å². The molecular weight excluding hydrogens is 454 g/mol. The van der Waals surface area contributed by atoms with Crippen molar-refractivity contribution in [1.29, 1.82) is 0 Å². The highest BCUT2D eigenvalue weighted by Crippen LogP contribution is 2.14. The van der Waals surface area contributed by atoms with E-state index in [1.807, 2.05) is 18.2 Å². The summed E-state index contributed by atoms with van der Waals surface area (Å²) in [6.07, 6.45) is 0.841. The van der Waals surface area contributed by atoms with Crippen LogP contribution >= 0.6 is 11.6 Å². The van der Waals surface area contributed by atoms with Crippen LogP contribution in [0.5, 0.6) is 0 Å². The van der Waals surface area contributed by atoms with E-state index in [1.165, 1.54) is 9.13 Å². The molecule has 0 saturated carbocycles. The van der Waals surface area contributed by atoms with Gasteiger partial charge in [-0.05, 0) is 49.8 Å². The number of aromatic nitrogens is 2. The summed E-state index contributed by atoms with van der Waals surface area (Å²) in [7, 11) is 2.12. The van der Waals surface area contributed by atoms with E-state index in [2.05, 4.69) is 22.2 Å². The monoisotopic (exact) mass is 483 g/mol. The van der Waals surface area contributed by atoms with E-state index >= 15 is 0 Å². The lowest BCUT2D eigenvalue weighted by Gasteiger charge is -2.32. The minimum absolute atomic E-state index is 0.190. The number of nitrogens with zero attached hydrogens (tertiary/aromatic N) is 4. The molecule has 0 bridgehead atoms. The average Bonchev–Trinajstić information content (AvgIpc) is 2.84. The maximum absolute atomic E-state index is 13.0. The third-order valence-electron chi connectivity index (χ3n) is 6.26. The highest BCUT2D eigenvalue weighted by atomic mass is 35.5. The Kier molecular flexibility index (Phi) is 7.82. The molecule has 1 saturated heterocycles. The van der Waals surface area contributed by atoms with Crippen LogP contribution in [0.15, 0.2) is 58.1 Å². The number of nitrogens with one attached hydrogen (secondary N) is 1. The van der Waals surface area contributed by atoms with Crippen LogP contribution < -0.4 is 16.4 Å². The van der Waals surface area contributed by atoms with Crippen LogP contribution in [0.1, 0.15) is 12.0 Å². The minimum Gasteiger partial charge on any atom is -0.355 e. The van der Waals surface area contributed by atoms with Crippen molar-refractivity contribution < 1.29 is 4.79 Å². The molecule has 1 amide bonds. The third-order valence-corrected chi connectivity index (χ3v) is 6.51. The summed E-state index contributed by atoms with van der Waals surface area (Å²) in [5.74, 6) is -0.277. The lowest BCUT2D eigenvalue weighted by atomic mass is 10.2. The van der Waals surface area contributed by atoms with Crippen LogP contribution in [-0.4, -0.2) is 71.2 Å². The quantitative estimate of drug-likeness (QED) is 0.389. The van der Waals surface area contributed by atoms with Gasteiger partial charge >= 0.3 is 11.1 Å². The predicted octanol–water partition coefficient (Wildman–Crippen LogP) is 1.62. The van der Waals surface area contributed by atoms with Crippen molar-refractivity contribution in [3.05, 3.63) is 79.8 Å². The molecule has 2 heterocycles. The molecular formula is C25H30ClN5O3. The first-order valence-electron chi connectivity index (χ1n) is 11.6. The van der Waals surface area contributed by atoms with Crippen molar-refractivity contribution >= 4 is 28.5 Å². The number of fused-ring (bicyclic) bond motifs is 1. The summed E-state index contributed by atoms with van der Waals surface area (Å²) in [5.41, 5.74) is 0.641. The fourth-order valence-electron chi connectivity index (χ4n) is 4.26. The molecule has 1 N–H and O–H groups in total. The van der Waals surface area contributed by atoms with Crippen molar-refractivity contribution in [2.75, 3.05) is 46.3 Å². The molecule has 1 aromatic heterocycles. The fourth-order valence-corrected chi connectivity index (χ4v) is 4.38. The van der Waals surface area contributed by atoms with E-state index in [0.717, 1.165) is 44.7 Å². The summed E-state index contributed by atoms with van der Waals surface area (Å²) in [6.45, 7) is 5.72. The number of hydrogen-bond acceptors (Lipinski definition) is 5. The second-order valence-corrected chi connectivity index (χ2v) is 9.18. The van der Waals surface area contributed by atoms with Gasteiger partial charge in [-0.2, -0.15) is 0 Å². The van der Waals surface area contributed by atoms with Gasteiger partial charge in [0, 0.05) is 37.7 Å². The van der Waals surface area contributed by atoms with Crippen LogP contribution in [0.2, 0.25) is 5.02 Å². The van der Waals surface area contributed by atoms with E-state index in [-0.39, 0.29) is 19.0 Å². The van der Waals surface area contributed by atoms with E-state index in [0.29, 0.717) is 22.6 Å². The normalized spacial score (nSPS) is 15.0. The molecule has 1 aliphatic heterocycles. The Morgan fingerprint density at radius 1 is 0.912 bits per heavy atom. The minimum atomic E-state index is -0.708. The maximum Gasteiger partial charge on any atom is 0.317 e. The number of amides is 1. The van der Waals surface area contributed by atoms with Crippen LogP contribution in [0, 0.1) is 0 Å². The predicted molar refractivity (Wildman–Crippen MR) is 135 cm³/mol. The van der Waals surface area contributed by atoms with Crippen LogP contribution in [0.4, 0.5) is 0 Å². The molecule has 0 atom stereocenters. The van der Waals surface area contributed by atoms with Crippen LogP contribution in [0.25, 0.3) is 11.0 Å². The lowest BCUT2D eigenvalue weighted by Crippen LogP contribution is -2.45. The SMILES string of the molecule is CN1CCN(CCCNC(=O)Cn2c(=O)c(=O)n(Cc3ccc(Cl)cc3)c3ccccc32)CC1. The zero-order valence-corrected chi connectivity index (χ0v) is 20.1. The first-order chi connectivity index (χ1) is 16.4. The number of carbonyl (C=O) groups is 1. The van der Waals surface area contributed by atoms with Crippen LogP contribution in [-0.2, 0) is 17.9 Å². The number of carbonyl (C=O) groups excluding carboxylic acids is 1. The molecule has 2 aromatic carbocycles. The van der Waals surface area contributed by atoms with Gasteiger partial charge in [0.05, 0.1) is 17.6 Å². The number of para-hydroxylation sites is 2. The Bertz CT molecular complexity index is 1260. The zero-order valence-electron chi connectivity index (χ0n) is 19.4. The van der Waals surface area contributed by atoms with Crippen molar-refractivity contribution in [2.45, 2.75) is 19.5 Å². The summed E-state index contributed by atoms with van der Waals surface area (Å²) < 4.78 is 2.72. The molecule has 1 fully saturated rings. The third kappa shape index (κ3) is 5.75. The van der Waals surface area contributed by atoms with Crippen molar-refractivity contribution in [3.8, 4) is 0 Å². The first kappa shape index (κ1) is 24.2. The molecule has 4 rings (SSSR count). The van der Waals surface area contributed by atoms with Gasteiger partial charge < -0.3 is 15.1 Å². The second kappa shape index (κ2) is 11.0. The van der Waals surface area contributed by atoms with Gasteiger partial charge in [0.1, 0.15) is 6.54 Å². The van der Waals surface area contributed by atoms with Crippen LogP contribution in [0.3, 0.4) is 0 Å². The summed E-state index contributed by atoms with van der Waals surface area (Å²) in [5, 5.41) is 3.50. The molecule has 0 aliphatic carbocycles. The fraction of sp³-hybridized carbons (Fsp3) is 0.400. The topological polar surface area (TPSA) is 79.6 Å². The Morgan fingerprint density at radius 3 is 2.21 bits per heavy atom. The number of rotatable bonds is 8. The largest absolute Gasteiger partial charge is 0.355 e. The van der Waals surface area contributed by atoms with Gasteiger partial charge in [-0.3, -0.25) is 23.5 Å². The highest BCUT2D eigenvalue weighted by molar-refractivity contribution is 6.30. The second-order valence-electron chi connectivity index (χ2n) is 8.75. The van der Waals surface area contributed by atoms with Gasteiger partial charge in [-0.25, -0.2) is 0 Å². The molecule has 34 heavy (non-hydrogen) atoms. The van der Waals surface area contributed by atoms with E-state index in [4.69, 9.17) is 11.6 Å². The molecule has 3 aromatic rings. The summed E-state index contributed by atoms with van der Waals surface area (Å²) in [4.78, 5) is 43.3. The summed E-state index contributed by atoms with van der Waals surface area (Å²) >= 11 is 5.96. The van der Waals surface area contributed by atoms with Crippen molar-refractivity contribution in [1.82, 2.24) is 24.3 Å². The van der Waals surface area contributed by atoms with E-state index < -0.39 is 11.1 Å². The Balaban J connectivity index is 1.46. The van der Waals surface area contributed by atoms with Gasteiger partial charge in [0.25, 0.3) is 0 Å². The van der Waals surface area contributed by atoms with Gasteiger partial charge in [0.15, 0.2) is 0 Å². The number of halogens is 1. The molecule has 0 spiro atoms. The Labute approximate surface area is 203 Å². The number of piperazine rings is 1. The summed E-state index contributed by atoms with van der Waals surface area (Å²) in [6, 6.07) is 14.3. The molecule has 1 aliphatic rings. The van der Waals surface area contributed by atoms with Crippen molar-refractivity contribution in [3.63, 3.8) is 0 Å². The zero-order chi connectivity index (χ0) is 24.1.